The predicted molar refractivity (Wildman–Crippen MR) is 86.2 cm³/mol. The van der Waals surface area contributed by atoms with Crippen molar-refractivity contribution in [3.8, 4) is 0 Å². The van der Waals surface area contributed by atoms with Gasteiger partial charge in [0.1, 0.15) is 0 Å². The summed E-state index contributed by atoms with van der Waals surface area (Å²) in [5, 5.41) is 5.03. The molecule has 0 bridgehead atoms. The van der Waals surface area contributed by atoms with Gasteiger partial charge in [0.2, 0.25) is 0 Å². The van der Waals surface area contributed by atoms with Crippen molar-refractivity contribution in [2.75, 3.05) is 6.54 Å². The first-order valence-corrected chi connectivity index (χ1v) is 7.63. The number of halogens is 2. The van der Waals surface area contributed by atoms with Crippen LogP contribution in [0.5, 0.6) is 0 Å². The second kappa shape index (κ2) is 6.97. The Balaban J connectivity index is 2.56. The van der Waals surface area contributed by atoms with Crippen LogP contribution in [0.2, 0.25) is 10.0 Å². The van der Waals surface area contributed by atoms with Crippen LogP contribution in [0.25, 0.3) is 0 Å². The molecule has 0 aliphatic rings. The van der Waals surface area contributed by atoms with Crippen molar-refractivity contribution in [1.82, 2.24) is 5.32 Å². The van der Waals surface area contributed by atoms with E-state index in [-0.39, 0.29) is 5.54 Å². The van der Waals surface area contributed by atoms with E-state index in [2.05, 4.69) is 39.9 Å². The molecule has 19 heavy (non-hydrogen) atoms. The lowest BCUT2D eigenvalue weighted by Crippen LogP contribution is -2.40. The minimum Gasteiger partial charge on any atom is -0.312 e. The van der Waals surface area contributed by atoms with Crippen molar-refractivity contribution in [2.24, 2.45) is 11.8 Å². The summed E-state index contributed by atoms with van der Waals surface area (Å²) in [5.74, 6) is 1.18. The summed E-state index contributed by atoms with van der Waals surface area (Å²) in [7, 11) is 0. The topological polar surface area (TPSA) is 12.0 Å². The normalized spacial score (nSPS) is 15.3. The Bertz CT molecular complexity index is 410. The molecule has 1 rings (SSSR count). The standard InChI is InChI=1S/C16H25Cl2N/c1-11(12(2)10-19-16(3,4)5)8-13-6-7-14(17)9-15(13)18/h6-7,9,11-12,19H,8,10H2,1-5H3. The van der Waals surface area contributed by atoms with Crippen LogP contribution in [0, 0.1) is 11.8 Å². The van der Waals surface area contributed by atoms with Gasteiger partial charge in [0.25, 0.3) is 0 Å². The number of hydrogen-bond donors (Lipinski definition) is 1. The van der Waals surface area contributed by atoms with Crippen LogP contribution in [0.4, 0.5) is 0 Å². The van der Waals surface area contributed by atoms with Gasteiger partial charge < -0.3 is 5.32 Å². The van der Waals surface area contributed by atoms with E-state index in [1.807, 2.05) is 18.2 Å². The molecular formula is C16H25Cl2N. The van der Waals surface area contributed by atoms with Gasteiger partial charge in [0.15, 0.2) is 0 Å². The first-order chi connectivity index (χ1) is 8.69. The summed E-state index contributed by atoms with van der Waals surface area (Å²) in [6.45, 7) is 12.2. The predicted octanol–water partition coefficient (Wildman–Crippen LogP) is 5.20. The Hall–Kier alpha value is -0.240. The number of rotatable bonds is 5. The van der Waals surface area contributed by atoms with Crippen molar-refractivity contribution in [3.63, 3.8) is 0 Å². The lowest BCUT2D eigenvalue weighted by molar-refractivity contribution is 0.317. The van der Waals surface area contributed by atoms with Crippen molar-refractivity contribution in [3.05, 3.63) is 33.8 Å². The molecule has 108 valence electrons. The highest BCUT2D eigenvalue weighted by Gasteiger charge is 2.17. The molecular weight excluding hydrogens is 277 g/mol. The molecule has 1 aromatic carbocycles. The molecule has 1 nitrogen and oxygen atoms in total. The fourth-order valence-corrected chi connectivity index (χ4v) is 2.39. The summed E-state index contributed by atoms with van der Waals surface area (Å²) in [6, 6.07) is 5.77. The molecule has 0 saturated heterocycles. The van der Waals surface area contributed by atoms with E-state index in [4.69, 9.17) is 23.2 Å². The molecule has 0 amide bonds. The Morgan fingerprint density at radius 3 is 2.26 bits per heavy atom. The van der Waals surface area contributed by atoms with E-state index in [9.17, 15) is 0 Å². The molecule has 0 saturated carbocycles. The zero-order chi connectivity index (χ0) is 14.6. The smallest absolute Gasteiger partial charge is 0.0452 e. The van der Waals surface area contributed by atoms with Gasteiger partial charge in [-0.25, -0.2) is 0 Å². The first kappa shape index (κ1) is 16.8. The zero-order valence-electron chi connectivity index (χ0n) is 12.6. The third-order valence-electron chi connectivity index (χ3n) is 3.48. The highest BCUT2D eigenvalue weighted by Crippen LogP contribution is 2.25. The first-order valence-electron chi connectivity index (χ1n) is 6.88. The summed E-state index contributed by atoms with van der Waals surface area (Å²) in [5.41, 5.74) is 1.35. The van der Waals surface area contributed by atoms with Gasteiger partial charge in [-0.05, 0) is 63.3 Å². The molecule has 1 aromatic rings. The van der Waals surface area contributed by atoms with Crippen LogP contribution in [0.15, 0.2) is 18.2 Å². The lowest BCUT2D eigenvalue weighted by atomic mass is 9.89. The summed E-state index contributed by atoms with van der Waals surface area (Å²) >= 11 is 12.1. The van der Waals surface area contributed by atoms with Crippen LogP contribution in [0.3, 0.4) is 0 Å². The van der Waals surface area contributed by atoms with E-state index in [0.29, 0.717) is 16.9 Å². The average Bonchev–Trinajstić information content (AvgIpc) is 2.28. The number of nitrogens with one attached hydrogen (secondary N) is 1. The average molecular weight is 302 g/mol. The summed E-state index contributed by atoms with van der Waals surface area (Å²) < 4.78 is 0. The third kappa shape index (κ3) is 6.16. The van der Waals surface area contributed by atoms with Gasteiger partial charge in [-0.1, -0.05) is 43.1 Å². The SMILES string of the molecule is CC(CNC(C)(C)C)C(C)Cc1ccc(Cl)cc1Cl. The van der Waals surface area contributed by atoms with Crippen LogP contribution < -0.4 is 5.32 Å². The van der Waals surface area contributed by atoms with Gasteiger partial charge in [-0.15, -0.1) is 0 Å². The third-order valence-corrected chi connectivity index (χ3v) is 4.07. The quantitative estimate of drug-likeness (QED) is 0.788. The highest BCUT2D eigenvalue weighted by molar-refractivity contribution is 6.35. The van der Waals surface area contributed by atoms with Crippen LogP contribution in [-0.2, 0) is 6.42 Å². The monoisotopic (exact) mass is 301 g/mol. The van der Waals surface area contributed by atoms with Gasteiger partial charge in [-0.3, -0.25) is 0 Å². The lowest BCUT2D eigenvalue weighted by Gasteiger charge is -2.27. The van der Waals surface area contributed by atoms with Crippen LogP contribution >= 0.6 is 23.2 Å². The fraction of sp³-hybridized carbons (Fsp3) is 0.625. The van der Waals surface area contributed by atoms with Gasteiger partial charge in [0.05, 0.1) is 0 Å². The van der Waals surface area contributed by atoms with Gasteiger partial charge in [-0.2, -0.15) is 0 Å². The zero-order valence-corrected chi connectivity index (χ0v) is 14.1. The van der Waals surface area contributed by atoms with Crippen molar-refractivity contribution >= 4 is 23.2 Å². The molecule has 2 unspecified atom stereocenters. The highest BCUT2D eigenvalue weighted by atomic mass is 35.5. The Kier molecular flexibility index (Phi) is 6.16. The molecule has 2 atom stereocenters. The van der Waals surface area contributed by atoms with E-state index in [0.717, 1.165) is 18.0 Å². The fourth-order valence-electron chi connectivity index (χ4n) is 1.90. The molecule has 0 spiro atoms. The van der Waals surface area contributed by atoms with Crippen molar-refractivity contribution in [2.45, 2.75) is 46.6 Å². The largest absolute Gasteiger partial charge is 0.312 e. The van der Waals surface area contributed by atoms with Crippen LogP contribution in [-0.4, -0.2) is 12.1 Å². The molecule has 0 fully saturated rings. The van der Waals surface area contributed by atoms with Gasteiger partial charge in [0, 0.05) is 15.6 Å². The summed E-state index contributed by atoms with van der Waals surface area (Å²) in [4.78, 5) is 0. The van der Waals surface area contributed by atoms with E-state index in [1.165, 1.54) is 5.56 Å². The molecule has 3 heteroatoms. The van der Waals surface area contributed by atoms with E-state index < -0.39 is 0 Å². The molecule has 1 N–H and O–H groups in total. The molecule has 0 aromatic heterocycles. The van der Waals surface area contributed by atoms with Crippen LogP contribution in [0.1, 0.15) is 40.2 Å². The molecule has 0 radical (unpaired) electrons. The molecule has 0 heterocycles. The Morgan fingerprint density at radius 2 is 1.74 bits per heavy atom. The van der Waals surface area contributed by atoms with E-state index in [1.54, 1.807) is 0 Å². The van der Waals surface area contributed by atoms with Crippen molar-refractivity contribution in [1.29, 1.82) is 0 Å². The number of hydrogen-bond acceptors (Lipinski definition) is 1. The Labute approximate surface area is 127 Å². The minimum absolute atomic E-state index is 0.173. The minimum atomic E-state index is 0.173. The van der Waals surface area contributed by atoms with Crippen molar-refractivity contribution < 1.29 is 0 Å². The maximum Gasteiger partial charge on any atom is 0.0452 e. The molecule has 0 aliphatic heterocycles. The number of benzene rings is 1. The van der Waals surface area contributed by atoms with Gasteiger partial charge >= 0.3 is 0 Å². The molecule has 0 aliphatic carbocycles. The van der Waals surface area contributed by atoms with E-state index >= 15 is 0 Å². The Morgan fingerprint density at radius 1 is 1.11 bits per heavy atom. The second-order valence-electron chi connectivity index (χ2n) is 6.53. The second-order valence-corrected chi connectivity index (χ2v) is 7.37. The maximum atomic E-state index is 6.23. The maximum absolute atomic E-state index is 6.23. The summed E-state index contributed by atoms with van der Waals surface area (Å²) in [6.07, 6.45) is 0.989.